The lowest BCUT2D eigenvalue weighted by Gasteiger charge is -2.39. The molecule has 11 aromatic rings. The molecule has 0 amide bonds. The Kier molecular flexibility index (Phi) is 8.59. The van der Waals surface area contributed by atoms with Gasteiger partial charge in [0, 0.05) is 66.3 Å². The predicted molar refractivity (Wildman–Crippen MR) is 268 cm³/mol. The summed E-state index contributed by atoms with van der Waals surface area (Å²) in [6.07, 6.45) is 0. The summed E-state index contributed by atoms with van der Waals surface area (Å²) >= 11 is 1.85. The maximum Gasteiger partial charge on any atom is 0.137 e. The summed E-state index contributed by atoms with van der Waals surface area (Å²) in [5, 5.41) is 2.18. The molecule has 1 aromatic heterocycles. The Balaban J connectivity index is 0.908. The molecule has 2 aliphatic rings. The number of nitrogens with zero attached hydrogens (tertiary/aromatic N) is 2. The molecular formula is C61H38N2OS. The van der Waals surface area contributed by atoms with Crippen LogP contribution < -0.4 is 9.80 Å². The maximum atomic E-state index is 6.79. The monoisotopic (exact) mass is 846 g/mol. The quantitative estimate of drug-likeness (QED) is 0.159. The second-order valence-electron chi connectivity index (χ2n) is 16.7. The van der Waals surface area contributed by atoms with Crippen LogP contribution in [0.4, 0.5) is 34.1 Å². The van der Waals surface area contributed by atoms with Gasteiger partial charge in [-0.3, -0.25) is 0 Å². The average Bonchev–Trinajstić information content (AvgIpc) is 3.89. The van der Waals surface area contributed by atoms with Crippen molar-refractivity contribution >= 4 is 67.8 Å². The van der Waals surface area contributed by atoms with E-state index in [0.29, 0.717) is 0 Å². The van der Waals surface area contributed by atoms with Crippen molar-refractivity contribution < 1.29 is 4.42 Å². The van der Waals surface area contributed by atoms with Gasteiger partial charge in [-0.2, -0.15) is 0 Å². The van der Waals surface area contributed by atoms with Gasteiger partial charge in [-0.25, -0.2) is 0 Å². The average molecular weight is 847 g/mol. The van der Waals surface area contributed by atoms with Gasteiger partial charge in [0.2, 0.25) is 0 Å². The van der Waals surface area contributed by atoms with Crippen molar-refractivity contribution in [2.24, 2.45) is 0 Å². The molecule has 65 heavy (non-hydrogen) atoms. The molecule has 1 aliphatic carbocycles. The lowest BCUT2D eigenvalue weighted by atomic mass is 9.67. The minimum absolute atomic E-state index is 0.552. The number of para-hydroxylation sites is 3. The zero-order chi connectivity index (χ0) is 42.9. The van der Waals surface area contributed by atoms with Crippen molar-refractivity contribution in [2.45, 2.75) is 15.2 Å². The third-order valence-corrected chi connectivity index (χ3v) is 14.3. The molecule has 0 radical (unpaired) electrons. The lowest BCUT2D eigenvalue weighted by molar-refractivity contribution is 0.669. The Morgan fingerprint density at radius 2 is 0.908 bits per heavy atom. The van der Waals surface area contributed by atoms with Crippen LogP contribution >= 0.6 is 11.8 Å². The van der Waals surface area contributed by atoms with E-state index in [1.54, 1.807) is 0 Å². The smallest absolute Gasteiger partial charge is 0.137 e. The van der Waals surface area contributed by atoms with E-state index in [9.17, 15) is 0 Å². The highest BCUT2D eigenvalue weighted by Gasteiger charge is 2.50. The molecule has 4 heteroatoms. The van der Waals surface area contributed by atoms with Gasteiger partial charge in [0.05, 0.1) is 5.41 Å². The molecule has 0 bridgehead atoms. The molecule has 1 spiro atoms. The summed E-state index contributed by atoms with van der Waals surface area (Å²) in [6.45, 7) is 0. The van der Waals surface area contributed by atoms with Crippen molar-refractivity contribution in [2.75, 3.05) is 9.80 Å². The van der Waals surface area contributed by atoms with E-state index in [-0.39, 0.29) is 0 Å². The first-order valence-corrected chi connectivity index (χ1v) is 22.8. The summed E-state index contributed by atoms with van der Waals surface area (Å²) < 4.78 is 6.79. The number of rotatable bonds is 7. The first kappa shape index (κ1) is 37.3. The van der Waals surface area contributed by atoms with Crippen molar-refractivity contribution in [1.29, 1.82) is 0 Å². The second-order valence-corrected chi connectivity index (χ2v) is 17.8. The first-order chi connectivity index (χ1) is 32.2. The number of hydrogen-bond acceptors (Lipinski definition) is 4. The molecule has 0 fully saturated rings. The highest BCUT2D eigenvalue weighted by molar-refractivity contribution is 7.99. The van der Waals surface area contributed by atoms with E-state index in [0.717, 1.165) is 72.8 Å². The molecule has 0 saturated carbocycles. The van der Waals surface area contributed by atoms with Gasteiger partial charge >= 0.3 is 0 Å². The Morgan fingerprint density at radius 3 is 1.63 bits per heavy atom. The molecule has 304 valence electrons. The highest BCUT2D eigenvalue weighted by Crippen LogP contribution is 2.62. The summed E-state index contributed by atoms with van der Waals surface area (Å²) in [6, 6.07) is 89.7. The summed E-state index contributed by atoms with van der Waals surface area (Å²) in [4.78, 5) is 7.15. The zero-order valence-corrected chi connectivity index (χ0v) is 36.0. The van der Waals surface area contributed by atoms with Gasteiger partial charge in [-0.1, -0.05) is 139 Å². The molecule has 0 saturated heterocycles. The summed E-state index contributed by atoms with van der Waals surface area (Å²) in [7, 11) is 0. The van der Waals surface area contributed by atoms with Gasteiger partial charge in [0.15, 0.2) is 0 Å². The second kappa shape index (κ2) is 15.0. The molecular weight excluding hydrogens is 809 g/mol. The van der Waals surface area contributed by atoms with E-state index < -0.39 is 5.41 Å². The minimum atomic E-state index is -0.552. The fourth-order valence-electron chi connectivity index (χ4n) is 10.3. The van der Waals surface area contributed by atoms with E-state index >= 15 is 0 Å². The first-order valence-electron chi connectivity index (χ1n) is 22.0. The summed E-state index contributed by atoms with van der Waals surface area (Å²) in [5.41, 5.74) is 17.3. The molecule has 10 aromatic carbocycles. The van der Waals surface area contributed by atoms with Gasteiger partial charge in [-0.15, -0.1) is 0 Å². The van der Waals surface area contributed by atoms with Crippen LogP contribution in [0.5, 0.6) is 0 Å². The van der Waals surface area contributed by atoms with Crippen molar-refractivity contribution in [3.05, 3.63) is 265 Å². The van der Waals surface area contributed by atoms with Gasteiger partial charge < -0.3 is 14.2 Å². The third kappa shape index (κ3) is 5.87. The van der Waals surface area contributed by atoms with Crippen molar-refractivity contribution in [3.63, 3.8) is 0 Å². The van der Waals surface area contributed by atoms with E-state index in [1.807, 2.05) is 17.8 Å². The third-order valence-electron chi connectivity index (χ3n) is 13.1. The minimum Gasteiger partial charge on any atom is -0.456 e. The summed E-state index contributed by atoms with van der Waals surface area (Å²) in [5.74, 6) is 0. The number of hydrogen-bond donors (Lipinski definition) is 0. The molecule has 1 atom stereocenters. The van der Waals surface area contributed by atoms with Crippen LogP contribution in [-0.4, -0.2) is 0 Å². The van der Waals surface area contributed by atoms with Crippen LogP contribution in [-0.2, 0) is 5.41 Å². The van der Waals surface area contributed by atoms with E-state index in [1.165, 1.54) is 37.6 Å². The Labute approximate surface area is 382 Å². The van der Waals surface area contributed by atoms with Crippen LogP contribution in [0, 0.1) is 12.1 Å². The van der Waals surface area contributed by atoms with Crippen LogP contribution in [0.3, 0.4) is 0 Å². The topological polar surface area (TPSA) is 19.6 Å². The van der Waals surface area contributed by atoms with Crippen LogP contribution in [0.25, 0.3) is 44.2 Å². The van der Waals surface area contributed by atoms with Crippen LogP contribution in [0.15, 0.2) is 245 Å². The lowest BCUT2D eigenvalue weighted by Crippen LogP contribution is -2.32. The Hall–Kier alpha value is -8.23. The normalized spacial score (nSPS) is 12.9. The van der Waals surface area contributed by atoms with Gasteiger partial charge in [0.1, 0.15) is 11.2 Å². The van der Waals surface area contributed by atoms with E-state index in [2.05, 4.69) is 246 Å². The fourth-order valence-corrected chi connectivity index (χ4v) is 11.5. The molecule has 13 rings (SSSR count). The largest absolute Gasteiger partial charge is 0.456 e. The standard InChI is InChI=1S/C61H38N2OS/c1-4-16-43(17-5-1)62(44-18-6-2-7-19-44)46-31-28-41(29-32-46)42-30-35-51-52-36-33-48(40-58(52)64-57(51)38-42)63(45-20-8-3-9-21-45)47-34-37-60-56(39-47)61(55-26-14-15-27-59(55)65-60)53-24-12-10-22-49(53)50-23-11-13-25-54(50)61/h1-12,14-24,26-40H. The Morgan fingerprint density at radius 1 is 0.385 bits per heavy atom. The molecule has 1 unspecified atom stereocenters. The van der Waals surface area contributed by atoms with Crippen LogP contribution in [0.1, 0.15) is 22.3 Å². The number of anilines is 6. The van der Waals surface area contributed by atoms with Crippen molar-refractivity contribution in [3.8, 4) is 22.3 Å². The molecule has 1 aliphatic heterocycles. The highest BCUT2D eigenvalue weighted by atomic mass is 32.2. The van der Waals surface area contributed by atoms with Gasteiger partial charge in [0.25, 0.3) is 0 Å². The fraction of sp³-hybridized carbons (Fsp3) is 0.0164. The molecule has 0 N–H and O–H groups in total. The molecule has 3 nitrogen and oxygen atoms in total. The number of fused-ring (bicyclic) bond motifs is 12. The van der Waals surface area contributed by atoms with E-state index in [4.69, 9.17) is 4.42 Å². The zero-order valence-electron chi connectivity index (χ0n) is 35.2. The Bertz CT molecular complexity index is 3500. The SMILES string of the molecule is c1ccc2c(c#1)C1(c3ccccc3Sc3ccc(N(c4ccccc4)c4ccc5c(c4)oc4cc(-c6ccc(N(c7ccccc7)c7ccccc7)cc6)ccc45)cc31)c1ccccc1-2. The van der Waals surface area contributed by atoms with Crippen LogP contribution in [0.2, 0.25) is 0 Å². The number of furan rings is 1. The number of benzene rings is 9. The molecule has 2 heterocycles. The maximum absolute atomic E-state index is 6.79. The van der Waals surface area contributed by atoms with Crippen molar-refractivity contribution in [1.82, 2.24) is 0 Å². The predicted octanol–water partition coefficient (Wildman–Crippen LogP) is 16.6. The van der Waals surface area contributed by atoms with Gasteiger partial charge in [-0.05, 0) is 148 Å².